The number of ether oxygens (including phenoxy) is 3. The first kappa shape index (κ1) is 35.0. The second-order valence-electron chi connectivity index (χ2n) is 12.5. The van der Waals surface area contributed by atoms with E-state index < -0.39 is 6.29 Å². The highest BCUT2D eigenvalue weighted by Gasteiger charge is 2.32. The van der Waals surface area contributed by atoms with Gasteiger partial charge in [-0.15, -0.1) is 0 Å². The number of nitrogens with zero attached hydrogens (tertiary/aromatic N) is 2. The average Bonchev–Trinajstić information content (AvgIpc) is 3.61. The standard InChI is InChI=1S/C42H40N4O5S/c1-46-24-23-43-42(46)52-28-37-25-39(31-13-11-29(27-47)12-14-31)51-40(50-37)32-17-15-30(16-18-32)38-10-6-5-7-33(38)26-44-41(48)45-34-19-21-36(22-20-34)49-35-8-3-2-4-9-35/h2-24,37,39-40,47H,25-28H2,1H3,(H2,44,45,48). The minimum atomic E-state index is -0.558. The van der Waals surface area contributed by atoms with Crippen LogP contribution in [0.3, 0.4) is 0 Å². The van der Waals surface area contributed by atoms with E-state index in [0.717, 1.165) is 50.0 Å². The number of hydrogen-bond acceptors (Lipinski definition) is 7. The van der Waals surface area contributed by atoms with Gasteiger partial charge in [-0.25, -0.2) is 9.78 Å². The summed E-state index contributed by atoms with van der Waals surface area (Å²) in [7, 11) is 1.99. The van der Waals surface area contributed by atoms with Crippen LogP contribution >= 0.6 is 11.8 Å². The molecule has 2 amide bonds. The third-order valence-electron chi connectivity index (χ3n) is 8.83. The number of benzene rings is 5. The summed E-state index contributed by atoms with van der Waals surface area (Å²) < 4.78 is 21.0. The van der Waals surface area contributed by atoms with Gasteiger partial charge in [-0.2, -0.15) is 0 Å². The minimum Gasteiger partial charge on any atom is -0.457 e. The molecule has 3 N–H and O–H groups in total. The number of carbonyl (C=O) groups is 1. The molecule has 264 valence electrons. The molecule has 2 heterocycles. The molecule has 0 aliphatic carbocycles. The molecule has 52 heavy (non-hydrogen) atoms. The van der Waals surface area contributed by atoms with Gasteiger partial charge >= 0.3 is 6.03 Å². The highest BCUT2D eigenvalue weighted by atomic mass is 32.2. The molecular weight excluding hydrogens is 673 g/mol. The van der Waals surface area contributed by atoms with E-state index in [0.29, 0.717) is 24.4 Å². The van der Waals surface area contributed by atoms with E-state index in [1.165, 1.54) is 0 Å². The molecular formula is C42H40N4O5S. The van der Waals surface area contributed by atoms with Crippen molar-refractivity contribution in [3.63, 3.8) is 0 Å². The van der Waals surface area contributed by atoms with Crippen LogP contribution < -0.4 is 15.4 Å². The SMILES string of the molecule is Cn1ccnc1SCC1CC(c2ccc(CO)cc2)OC(c2ccc(-c3ccccc3CNC(=O)Nc3ccc(Oc4ccccc4)cc3)cc2)O1. The molecule has 5 aromatic carbocycles. The van der Waals surface area contributed by atoms with Crippen molar-refractivity contribution in [1.82, 2.24) is 14.9 Å². The lowest BCUT2D eigenvalue weighted by Crippen LogP contribution is -2.31. The molecule has 0 radical (unpaired) electrons. The maximum absolute atomic E-state index is 12.8. The molecule has 3 atom stereocenters. The number of nitrogens with one attached hydrogen (secondary N) is 2. The summed E-state index contributed by atoms with van der Waals surface area (Å²) in [6.07, 6.45) is 3.64. The molecule has 0 saturated carbocycles. The summed E-state index contributed by atoms with van der Waals surface area (Å²) in [6, 6.07) is 40.7. The lowest BCUT2D eigenvalue weighted by atomic mass is 9.98. The van der Waals surface area contributed by atoms with E-state index in [4.69, 9.17) is 14.2 Å². The smallest absolute Gasteiger partial charge is 0.319 e. The fourth-order valence-corrected chi connectivity index (χ4v) is 6.99. The van der Waals surface area contributed by atoms with Gasteiger partial charge < -0.3 is 34.5 Å². The van der Waals surface area contributed by atoms with E-state index >= 15 is 0 Å². The Kier molecular flexibility index (Phi) is 11.3. The zero-order chi connectivity index (χ0) is 35.7. The lowest BCUT2D eigenvalue weighted by molar-refractivity contribution is -0.245. The van der Waals surface area contributed by atoms with Gasteiger partial charge in [0.25, 0.3) is 0 Å². The summed E-state index contributed by atoms with van der Waals surface area (Å²) in [5, 5.41) is 16.4. The summed E-state index contributed by atoms with van der Waals surface area (Å²) in [4.78, 5) is 17.3. The van der Waals surface area contributed by atoms with Crippen LogP contribution in [0.5, 0.6) is 11.5 Å². The first-order valence-electron chi connectivity index (χ1n) is 17.2. The first-order valence-corrected chi connectivity index (χ1v) is 18.2. The third kappa shape index (κ3) is 8.90. The molecule has 1 aliphatic heterocycles. The van der Waals surface area contributed by atoms with Gasteiger partial charge in [-0.1, -0.05) is 103 Å². The van der Waals surface area contributed by atoms with E-state index in [9.17, 15) is 9.90 Å². The molecule has 0 bridgehead atoms. The van der Waals surface area contributed by atoms with Crippen LogP contribution in [-0.2, 0) is 29.7 Å². The summed E-state index contributed by atoms with van der Waals surface area (Å²) >= 11 is 1.67. The summed E-state index contributed by atoms with van der Waals surface area (Å²) in [5.41, 5.74) is 6.52. The van der Waals surface area contributed by atoms with Crippen LogP contribution in [-0.4, -0.2) is 32.5 Å². The number of anilines is 1. The minimum absolute atomic E-state index is 0.000308. The van der Waals surface area contributed by atoms with Crippen molar-refractivity contribution in [2.45, 2.75) is 43.2 Å². The molecule has 1 aromatic heterocycles. The van der Waals surface area contributed by atoms with Crippen LogP contribution in [0.15, 0.2) is 145 Å². The van der Waals surface area contributed by atoms with Crippen LogP contribution in [0.2, 0.25) is 0 Å². The molecule has 6 aromatic rings. The quantitative estimate of drug-likeness (QED) is 0.109. The second kappa shape index (κ2) is 16.8. The number of urea groups is 1. The highest BCUT2D eigenvalue weighted by molar-refractivity contribution is 7.99. The van der Waals surface area contributed by atoms with Crippen LogP contribution in [0.4, 0.5) is 10.5 Å². The second-order valence-corrected chi connectivity index (χ2v) is 13.5. The topological polar surface area (TPSA) is 107 Å². The van der Waals surface area contributed by atoms with Crippen LogP contribution in [0, 0.1) is 0 Å². The molecule has 9 nitrogen and oxygen atoms in total. The third-order valence-corrected chi connectivity index (χ3v) is 10.0. The number of imidazole rings is 1. The van der Waals surface area contributed by atoms with Gasteiger partial charge in [0, 0.05) is 49.4 Å². The fraction of sp³-hybridized carbons (Fsp3) is 0.190. The lowest BCUT2D eigenvalue weighted by Gasteiger charge is -2.36. The van der Waals surface area contributed by atoms with Crippen molar-refractivity contribution in [3.8, 4) is 22.6 Å². The van der Waals surface area contributed by atoms with Gasteiger partial charge in [0.1, 0.15) is 11.5 Å². The average molecular weight is 713 g/mol. The van der Waals surface area contributed by atoms with E-state index in [1.807, 2.05) is 127 Å². The Balaban J connectivity index is 0.999. The van der Waals surface area contributed by atoms with Gasteiger partial charge in [-0.05, 0) is 64.2 Å². The van der Waals surface area contributed by atoms with Crippen molar-refractivity contribution in [2.75, 3.05) is 11.1 Å². The number of amides is 2. The van der Waals surface area contributed by atoms with Crippen molar-refractivity contribution in [1.29, 1.82) is 0 Å². The zero-order valence-corrected chi connectivity index (χ0v) is 29.5. The Morgan fingerprint density at radius 3 is 2.31 bits per heavy atom. The molecule has 1 aliphatic rings. The van der Waals surface area contributed by atoms with E-state index in [2.05, 4.69) is 33.8 Å². The Labute approximate surface area is 307 Å². The van der Waals surface area contributed by atoms with E-state index in [-0.39, 0.29) is 24.8 Å². The van der Waals surface area contributed by atoms with Crippen LogP contribution in [0.25, 0.3) is 11.1 Å². The predicted molar refractivity (Wildman–Crippen MR) is 203 cm³/mol. The maximum Gasteiger partial charge on any atom is 0.319 e. The van der Waals surface area contributed by atoms with Gasteiger partial charge in [0.2, 0.25) is 0 Å². The summed E-state index contributed by atoms with van der Waals surface area (Å²) in [5.74, 6) is 2.17. The number of aromatic nitrogens is 2. The number of carbonyl (C=O) groups excluding carboxylic acids is 1. The van der Waals surface area contributed by atoms with Gasteiger partial charge in [-0.3, -0.25) is 0 Å². The zero-order valence-electron chi connectivity index (χ0n) is 28.7. The van der Waals surface area contributed by atoms with Crippen molar-refractivity contribution in [3.05, 3.63) is 162 Å². The van der Waals surface area contributed by atoms with Crippen LogP contribution in [0.1, 0.15) is 41.1 Å². The Hall–Kier alpha value is -5.39. The number of hydrogen-bond donors (Lipinski definition) is 3. The molecule has 0 spiro atoms. The normalized spacial score (nSPS) is 17.0. The Morgan fingerprint density at radius 2 is 1.58 bits per heavy atom. The molecule has 10 heteroatoms. The van der Waals surface area contributed by atoms with E-state index in [1.54, 1.807) is 18.0 Å². The molecule has 7 rings (SSSR count). The van der Waals surface area contributed by atoms with Crippen molar-refractivity contribution in [2.24, 2.45) is 7.05 Å². The number of aryl methyl sites for hydroxylation is 1. The monoisotopic (exact) mass is 712 g/mol. The number of rotatable bonds is 12. The van der Waals surface area contributed by atoms with Gasteiger partial charge in [0.05, 0.1) is 18.8 Å². The number of para-hydroxylation sites is 1. The molecule has 1 fully saturated rings. The molecule has 3 unspecified atom stereocenters. The number of aliphatic hydroxyl groups is 1. The van der Waals surface area contributed by atoms with Crippen molar-refractivity contribution < 1.29 is 24.1 Å². The Bertz CT molecular complexity index is 2050. The fourth-order valence-electron chi connectivity index (χ4n) is 6.04. The first-order chi connectivity index (χ1) is 25.5. The number of aliphatic hydroxyl groups excluding tert-OH is 1. The number of thioether (sulfide) groups is 1. The summed E-state index contributed by atoms with van der Waals surface area (Å²) in [6.45, 7) is 0.347. The predicted octanol–water partition coefficient (Wildman–Crippen LogP) is 9.03. The largest absolute Gasteiger partial charge is 0.457 e. The highest BCUT2D eigenvalue weighted by Crippen LogP contribution is 2.40. The van der Waals surface area contributed by atoms with Gasteiger partial charge in [0.15, 0.2) is 11.4 Å². The Morgan fingerprint density at radius 1 is 0.865 bits per heavy atom. The maximum atomic E-state index is 12.8. The van der Waals surface area contributed by atoms with Crippen molar-refractivity contribution >= 4 is 23.5 Å². The molecule has 1 saturated heterocycles.